The van der Waals surface area contributed by atoms with Gasteiger partial charge in [-0.2, -0.15) is 8.42 Å². The Balaban J connectivity index is 1.50. The average molecular weight is 393 g/mol. The maximum Gasteiger partial charge on any atom is 0.328 e. The average Bonchev–Trinajstić information content (AvgIpc) is 3.12. The molecule has 0 amide bonds. The van der Waals surface area contributed by atoms with E-state index in [1.165, 1.54) is 31.4 Å². The minimum Gasteiger partial charge on any atom is -0.446 e. The third-order valence-electron chi connectivity index (χ3n) is 5.43. The first kappa shape index (κ1) is 18.4. The lowest BCUT2D eigenvalue weighted by Crippen LogP contribution is -2.36. The molecule has 2 N–H and O–H groups in total. The van der Waals surface area contributed by atoms with Crippen LogP contribution in [0.2, 0.25) is 0 Å². The third-order valence-corrected chi connectivity index (χ3v) is 6.16. The van der Waals surface area contributed by atoms with E-state index in [1.54, 1.807) is 0 Å². The van der Waals surface area contributed by atoms with Crippen LogP contribution in [0.3, 0.4) is 0 Å². The molecule has 0 unspecified atom stereocenters. The number of hydrogen-bond donors (Lipinski definition) is 2. The fourth-order valence-electron chi connectivity index (χ4n) is 4.01. The second-order valence-electron chi connectivity index (χ2n) is 7.37. The van der Waals surface area contributed by atoms with Gasteiger partial charge in [0.2, 0.25) is 5.09 Å². The Morgan fingerprint density at radius 3 is 2.74 bits per heavy atom. The first-order valence-corrected chi connectivity index (χ1v) is 10.7. The van der Waals surface area contributed by atoms with Gasteiger partial charge in [-0.05, 0) is 25.0 Å². The largest absolute Gasteiger partial charge is 0.446 e. The molecule has 2 aromatic heterocycles. The van der Waals surface area contributed by atoms with E-state index in [0.717, 1.165) is 24.4 Å². The van der Waals surface area contributed by atoms with E-state index in [0.29, 0.717) is 43.3 Å². The van der Waals surface area contributed by atoms with Crippen LogP contribution in [0.5, 0.6) is 0 Å². The molecule has 2 aromatic rings. The molecule has 0 saturated heterocycles. The molecule has 0 radical (unpaired) electrons. The number of aromatic amines is 1. The van der Waals surface area contributed by atoms with Gasteiger partial charge in [-0.25, -0.2) is 4.98 Å². The highest BCUT2D eigenvalue weighted by molar-refractivity contribution is 7.85. The Morgan fingerprint density at radius 2 is 2.04 bits per heavy atom. The van der Waals surface area contributed by atoms with Crippen LogP contribution in [-0.2, 0) is 29.6 Å². The molecule has 1 fully saturated rings. The molecular formula is C18H23N3O5S. The number of fused-ring (bicyclic) bond motifs is 1. The van der Waals surface area contributed by atoms with E-state index < -0.39 is 15.2 Å². The van der Waals surface area contributed by atoms with Crippen molar-refractivity contribution in [3.05, 3.63) is 45.3 Å². The van der Waals surface area contributed by atoms with Crippen molar-refractivity contribution >= 4 is 10.1 Å². The van der Waals surface area contributed by atoms with Gasteiger partial charge in [0.25, 0.3) is 5.56 Å². The summed E-state index contributed by atoms with van der Waals surface area (Å²) in [6.45, 7) is 1.50. The Kier molecular flexibility index (Phi) is 4.92. The molecule has 0 spiro atoms. The number of H-pyrrole nitrogens is 1. The number of nitrogens with zero attached hydrogens (tertiary/aromatic N) is 2. The van der Waals surface area contributed by atoms with Gasteiger partial charge in [-0.3, -0.25) is 14.2 Å². The van der Waals surface area contributed by atoms with Gasteiger partial charge in [-0.1, -0.05) is 19.3 Å². The van der Waals surface area contributed by atoms with Crippen LogP contribution < -0.4 is 5.56 Å². The summed E-state index contributed by atoms with van der Waals surface area (Å²) in [6, 6.07) is 2.75. The first-order chi connectivity index (χ1) is 12.9. The van der Waals surface area contributed by atoms with E-state index in [-0.39, 0.29) is 5.56 Å². The maximum atomic E-state index is 12.6. The van der Waals surface area contributed by atoms with Crippen molar-refractivity contribution in [2.45, 2.75) is 62.6 Å². The maximum absolute atomic E-state index is 12.6. The quantitative estimate of drug-likeness (QED) is 0.765. The molecule has 8 nitrogen and oxygen atoms in total. The van der Waals surface area contributed by atoms with Crippen LogP contribution in [0.15, 0.2) is 26.4 Å². The molecule has 0 bridgehead atoms. The van der Waals surface area contributed by atoms with Gasteiger partial charge in [0.05, 0.1) is 17.8 Å². The standard InChI is InChI=1S/C18H23N3O5S/c22-18-14-11-21(10-13-6-7-16(26-13)27(23,24)25)9-8-15(14)19-17(20-18)12-4-2-1-3-5-12/h6-7,12H,1-5,8-11H2,(H,19,20,22)(H,23,24,25). The predicted molar refractivity (Wildman–Crippen MR) is 97.0 cm³/mol. The zero-order valence-corrected chi connectivity index (χ0v) is 15.8. The van der Waals surface area contributed by atoms with Gasteiger partial charge >= 0.3 is 10.1 Å². The summed E-state index contributed by atoms with van der Waals surface area (Å²) < 4.78 is 36.4. The van der Waals surface area contributed by atoms with E-state index in [1.807, 2.05) is 4.90 Å². The minimum atomic E-state index is -4.34. The molecule has 1 saturated carbocycles. The molecule has 9 heteroatoms. The summed E-state index contributed by atoms with van der Waals surface area (Å²) in [5.41, 5.74) is 1.46. The molecule has 1 aliphatic carbocycles. The Bertz CT molecular complexity index is 989. The number of rotatable bonds is 4. The van der Waals surface area contributed by atoms with Crippen LogP contribution in [-0.4, -0.2) is 34.4 Å². The predicted octanol–water partition coefficient (Wildman–Crippen LogP) is 2.22. The molecule has 3 heterocycles. The lowest BCUT2D eigenvalue weighted by Gasteiger charge is -2.28. The SMILES string of the molecule is O=c1[nH]c(C2CCCCC2)nc2c1CN(Cc1ccc(S(=O)(=O)O)o1)CC2. The lowest BCUT2D eigenvalue weighted by atomic mass is 9.88. The van der Waals surface area contributed by atoms with E-state index in [9.17, 15) is 13.2 Å². The van der Waals surface area contributed by atoms with Crippen LogP contribution in [0.1, 0.15) is 60.9 Å². The number of aromatic nitrogens is 2. The second-order valence-corrected chi connectivity index (χ2v) is 8.72. The summed E-state index contributed by atoms with van der Waals surface area (Å²) in [5.74, 6) is 1.61. The molecule has 0 aromatic carbocycles. The van der Waals surface area contributed by atoms with Crippen molar-refractivity contribution in [1.82, 2.24) is 14.9 Å². The Labute approximate surface area is 157 Å². The Hall–Kier alpha value is -1.97. The highest BCUT2D eigenvalue weighted by Crippen LogP contribution is 2.31. The zero-order chi connectivity index (χ0) is 19.0. The molecular weight excluding hydrogens is 370 g/mol. The van der Waals surface area contributed by atoms with Crippen LogP contribution in [0.4, 0.5) is 0 Å². The normalized spacial score (nSPS) is 19.1. The number of furan rings is 1. The molecule has 2 aliphatic rings. The minimum absolute atomic E-state index is 0.0802. The summed E-state index contributed by atoms with van der Waals surface area (Å²) in [6.07, 6.45) is 6.48. The van der Waals surface area contributed by atoms with Gasteiger partial charge in [0.15, 0.2) is 0 Å². The summed E-state index contributed by atoms with van der Waals surface area (Å²) in [7, 11) is -4.34. The van der Waals surface area contributed by atoms with Gasteiger partial charge in [0.1, 0.15) is 11.6 Å². The molecule has 1 aliphatic heterocycles. The van der Waals surface area contributed by atoms with Crippen molar-refractivity contribution in [3.63, 3.8) is 0 Å². The smallest absolute Gasteiger partial charge is 0.328 e. The lowest BCUT2D eigenvalue weighted by molar-refractivity contribution is 0.215. The third kappa shape index (κ3) is 3.99. The topological polar surface area (TPSA) is 116 Å². The first-order valence-electron chi connectivity index (χ1n) is 9.30. The van der Waals surface area contributed by atoms with Gasteiger partial charge < -0.3 is 9.40 Å². The monoisotopic (exact) mass is 393 g/mol. The summed E-state index contributed by atoms with van der Waals surface area (Å²) >= 11 is 0. The summed E-state index contributed by atoms with van der Waals surface area (Å²) in [5, 5.41) is -0.466. The van der Waals surface area contributed by atoms with Gasteiger partial charge in [0, 0.05) is 25.4 Å². The van der Waals surface area contributed by atoms with Crippen molar-refractivity contribution < 1.29 is 17.4 Å². The van der Waals surface area contributed by atoms with Crippen molar-refractivity contribution in [2.75, 3.05) is 6.54 Å². The molecule has 0 atom stereocenters. The van der Waals surface area contributed by atoms with Crippen molar-refractivity contribution in [1.29, 1.82) is 0 Å². The molecule has 27 heavy (non-hydrogen) atoms. The summed E-state index contributed by atoms with van der Waals surface area (Å²) in [4.78, 5) is 22.4. The molecule has 146 valence electrons. The van der Waals surface area contributed by atoms with E-state index in [4.69, 9.17) is 14.0 Å². The number of hydrogen-bond acceptors (Lipinski definition) is 6. The van der Waals surface area contributed by atoms with Gasteiger partial charge in [-0.15, -0.1) is 0 Å². The van der Waals surface area contributed by atoms with E-state index >= 15 is 0 Å². The highest BCUT2D eigenvalue weighted by atomic mass is 32.2. The van der Waals surface area contributed by atoms with Crippen LogP contribution in [0.25, 0.3) is 0 Å². The van der Waals surface area contributed by atoms with E-state index in [2.05, 4.69) is 4.98 Å². The highest BCUT2D eigenvalue weighted by Gasteiger charge is 2.25. The zero-order valence-electron chi connectivity index (χ0n) is 15.0. The van der Waals surface area contributed by atoms with Crippen molar-refractivity contribution in [2.24, 2.45) is 0 Å². The van der Waals surface area contributed by atoms with Crippen LogP contribution >= 0.6 is 0 Å². The molecule has 4 rings (SSSR count). The fraction of sp³-hybridized carbons (Fsp3) is 0.556. The number of nitrogens with one attached hydrogen (secondary N) is 1. The second kappa shape index (κ2) is 7.21. The van der Waals surface area contributed by atoms with Crippen molar-refractivity contribution in [3.8, 4) is 0 Å². The van der Waals surface area contributed by atoms with Crippen LogP contribution in [0, 0.1) is 0 Å². The fourth-order valence-corrected chi connectivity index (χ4v) is 4.46. The Morgan fingerprint density at radius 1 is 1.26 bits per heavy atom.